The zero-order chi connectivity index (χ0) is 32.1. The molecule has 0 amide bonds. The van der Waals surface area contributed by atoms with Gasteiger partial charge in [0, 0.05) is 16.8 Å². The van der Waals surface area contributed by atoms with Gasteiger partial charge in [-0.3, -0.25) is 0 Å². The first kappa shape index (κ1) is 29.8. The molecule has 0 spiro atoms. The Morgan fingerprint density at radius 2 is 1.38 bits per heavy atom. The van der Waals surface area contributed by atoms with Crippen molar-refractivity contribution in [1.29, 1.82) is 0 Å². The van der Waals surface area contributed by atoms with Crippen molar-refractivity contribution in [3.8, 4) is 11.1 Å². The van der Waals surface area contributed by atoms with Gasteiger partial charge in [0.25, 0.3) is 0 Å². The van der Waals surface area contributed by atoms with Gasteiger partial charge < -0.3 is 4.40 Å². The molecule has 0 aliphatic carbocycles. The van der Waals surface area contributed by atoms with E-state index >= 15 is 0 Å². The fourth-order valence-corrected chi connectivity index (χ4v) is 7.98. The van der Waals surface area contributed by atoms with E-state index < -0.39 is 0 Å². The van der Waals surface area contributed by atoms with E-state index in [-0.39, 0.29) is 0 Å². The van der Waals surface area contributed by atoms with Crippen LogP contribution in [0.15, 0.2) is 60.8 Å². The molecule has 0 saturated carbocycles. The van der Waals surface area contributed by atoms with Crippen molar-refractivity contribution < 1.29 is 4.57 Å². The van der Waals surface area contributed by atoms with E-state index in [4.69, 9.17) is 0 Å². The monoisotopic (exact) mass is 593 g/mol. The number of hydrogen-bond donors (Lipinski definition) is 0. The summed E-state index contributed by atoms with van der Waals surface area (Å²) >= 11 is 0. The van der Waals surface area contributed by atoms with E-state index in [0.717, 1.165) is 6.42 Å². The number of fused-ring (bicyclic) bond motifs is 5. The Balaban J connectivity index is 1.73. The molecule has 45 heavy (non-hydrogen) atoms. The van der Waals surface area contributed by atoms with Crippen LogP contribution in [-0.2, 0) is 13.5 Å². The van der Waals surface area contributed by atoms with E-state index in [1.807, 2.05) is 0 Å². The predicted octanol–water partition coefficient (Wildman–Crippen LogP) is 11.7. The van der Waals surface area contributed by atoms with Gasteiger partial charge in [0.2, 0.25) is 5.52 Å². The molecule has 4 aromatic carbocycles. The van der Waals surface area contributed by atoms with Gasteiger partial charge in [0.15, 0.2) is 6.20 Å². The highest BCUT2D eigenvalue weighted by Crippen LogP contribution is 2.45. The number of aryl methyl sites for hydroxylation is 3. The molecule has 0 fully saturated rings. The van der Waals surface area contributed by atoms with E-state index in [9.17, 15) is 0 Å². The molecule has 3 aromatic heterocycles. The highest BCUT2D eigenvalue weighted by molar-refractivity contribution is 6.26. The van der Waals surface area contributed by atoms with Crippen LogP contribution >= 0.6 is 0 Å². The molecule has 0 aliphatic heterocycles. The van der Waals surface area contributed by atoms with Crippen LogP contribution in [0.3, 0.4) is 0 Å². The second-order valence-corrected chi connectivity index (χ2v) is 15.1. The Bertz CT molecular complexity index is 2240. The lowest BCUT2D eigenvalue weighted by molar-refractivity contribution is -0.643. The number of rotatable bonds is 6. The van der Waals surface area contributed by atoms with Crippen LogP contribution in [0, 0.1) is 19.8 Å². The molecule has 7 aromatic rings. The molecule has 0 radical (unpaired) electrons. The molecule has 0 atom stereocenters. The summed E-state index contributed by atoms with van der Waals surface area (Å²) in [6.07, 6.45) is 3.35. The maximum absolute atomic E-state index is 2.63. The molecule has 0 aliphatic rings. The SMILES string of the molecule is Cc1cc2c3ccc(CC(C)C)cc3n3c4cc(-c5c(C(C)C)cc(C(C)C)cc5C(C)C)cc5cc[n+](C)c(c(c1C)c23)c54. The van der Waals surface area contributed by atoms with Crippen molar-refractivity contribution in [1.82, 2.24) is 4.40 Å². The number of nitrogens with zero attached hydrogens (tertiary/aromatic N) is 2. The van der Waals surface area contributed by atoms with Crippen molar-refractivity contribution in [3.63, 3.8) is 0 Å². The molecule has 3 heterocycles. The summed E-state index contributed by atoms with van der Waals surface area (Å²) < 4.78 is 4.98. The normalized spacial score (nSPS) is 12.8. The number of hydrogen-bond acceptors (Lipinski definition) is 0. The fourth-order valence-electron chi connectivity index (χ4n) is 7.98. The summed E-state index contributed by atoms with van der Waals surface area (Å²) in [7, 11) is 2.22. The minimum absolute atomic E-state index is 0.427. The third-order valence-electron chi connectivity index (χ3n) is 10.4. The van der Waals surface area contributed by atoms with Gasteiger partial charge in [-0.25, -0.2) is 4.57 Å². The summed E-state index contributed by atoms with van der Waals surface area (Å²) in [6, 6.07) is 22.0. The highest BCUT2D eigenvalue weighted by Gasteiger charge is 2.27. The Morgan fingerprint density at radius 1 is 0.689 bits per heavy atom. The van der Waals surface area contributed by atoms with Gasteiger partial charge in [-0.1, -0.05) is 79.7 Å². The van der Waals surface area contributed by atoms with Gasteiger partial charge >= 0.3 is 0 Å². The molecule has 0 unspecified atom stereocenters. The Kier molecular flexibility index (Phi) is 7.00. The summed E-state index contributed by atoms with van der Waals surface area (Å²) in [5, 5.41) is 6.76. The minimum atomic E-state index is 0.427. The van der Waals surface area contributed by atoms with Crippen molar-refractivity contribution >= 4 is 49.0 Å². The summed E-state index contributed by atoms with van der Waals surface area (Å²) in [4.78, 5) is 0. The van der Waals surface area contributed by atoms with E-state index in [0.29, 0.717) is 23.7 Å². The Hall–Kier alpha value is -3.91. The molecule has 2 nitrogen and oxygen atoms in total. The van der Waals surface area contributed by atoms with Crippen LogP contribution in [-0.4, -0.2) is 4.40 Å². The fraction of sp³-hybridized carbons (Fsp3) is 0.372. The zero-order valence-electron chi connectivity index (χ0n) is 29.2. The van der Waals surface area contributed by atoms with Crippen LogP contribution < -0.4 is 4.57 Å². The van der Waals surface area contributed by atoms with Gasteiger partial charge in [0.1, 0.15) is 7.05 Å². The molecule has 0 bridgehead atoms. The van der Waals surface area contributed by atoms with Crippen molar-refractivity contribution in [2.75, 3.05) is 0 Å². The first-order valence-corrected chi connectivity index (χ1v) is 17.1. The van der Waals surface area contributed by atoms with Gasteiger partial charge in [0.05, 0.1) is 27.3 Å². The van der Waals surface area contributed by atoms with Crippen molar-refractivity contribution in [2.45, 2.75) is 93.4 Å². The van der Waals surface area contributed by atoms with E-state index in [1.54, 1.807) is 0 Å². The third kappa shape index (κ3) is 4.47. The van der Waals surface area contributed by atoms with Crippen molar-refractivity contribution in [2.24, 2.45) is 13.0 Å². The predicted molar refractivity (Wildman–Crippen MR) is 196 cm³/mol. The lowest BCUT2D eigenvalue weighted by atomic mass is 9.81. The quantitative estimate of drug-likeness (QED) is 0.103. The summed E-state index contributed by atoms with van der Waals surface area (Å²) in [5.41, 5.74) is 16.6. The average molecular weight is 594 g/mol. The first-order valence-electron chi connectivity index (χ1n) is 17.1. The topological polar surface area (TPSA) is 8.29 Å². The Morgan fingerprint density at radius 3 is 2.00 bits per heavy atom. The van der Waals surface area contributed by atoms with Crippen LogP contribution in [0.25, 0.3) is 60.1 Å². The third-order valence-corrected chi connectivity index (χ3v) is 10.4. The highest BCUT2D eigenvalue weighted by atomic mass is 15.0. The van der Waals surface area contributed by atoms with Crippen LogP contribution in [0.4, 0.5) is 0 Å². The zero-order valence-corrected chi connectivity index (χ0v) is 29.2. The van der Waals surface area contributed by atoms with Crippen molar-refractivity contribution in [3.05, 3.63) is 94.2 Å². The number of aromatic nitrogens is 2. The molecule has 0 saturated heterocycles. The standard InChI is InChI=1S/C43H49N2/c1-23(2)16-29-12-13-33-36-17-27(9)28(10)39-42(36)45(37(33)18-29)38-22-32(19-30-14-15-44(11)43(39)41(30)38)40-34(25(5)6)20-31(24(3)4)21-35(40)26(7)8/h12-15,17-26H,16H2,1-11H3/q+1. The van der Waals surface area contributed by atoms with E-state index in [1.165, 1.54) is 93.5 Å². The summed E-state index contributed by atoms with van der Waals surface area (Å²) in [6.45, 7) is 23.3. The average Bonchev–Trinajstić information content (AvgIpc) is 3.30. The Labute approximate surface area is 269 Å². The minimum Gasteiger partial charge on any atom is -0.307 e. The molecule has 7 rings (SSSR count). The second-order valence-electron chi connectivity index (χ2n) is 15.1. The van der Waals surface area contributed by atoms with E-state index in [2.05, 4.69) is 146 Å². The second kappa shape index (κ2) is 10.6. The molecule has 2 heteroatoms. The molecular formula is C43H49N2+. The number of benzene rings is 4. The van der Waals surface area contributed by atoms with Gasteiger partial charge in [-0.15, -0.1) is 0 Å². The molecular weight excluding hydrogens is 544 g/mol. The van der Waals surface area contributed by atoms with Gasteiger partial charge in [-0.2, -0.15) is 0 Å². The maximum Gasteiger partial charge on any atom is 0.224 e. The molecule has 230 valence electrons. The lowest BCUT2D eigenvalue weighted by Gasteiger charge is -2.24. The van der Waals surface area contributed by atoms with Crippen LogP contribution in [0.1, 0.15) is 107 Å². The first-order chi connectivity index (χ1) is 21.4. The largest absolute Gasteiger partial charge is 0.307 e. The lowest BCUT2D eigenvalue weighted by Crippen LogP contribution is -2.29. The van der Waals surface area contributed by atoms with Crippen LogP contribution in [0.5, 0.6) is 0 Å². The maximum atomic E-state index is 2.63. The number of pyridine rings is 2. The summed E-state index contributed by atoms with van der Waals surface area (Å²) in [5.74, 6) is 1.96. The molecule has 0 N–H and O–H groups in total. The van der Waals surface area contributed by atoms with Gasteiger partial charge in [-0.05, 0) is 118 Å². The van der Waals surface area contributed by atoms with Crippen LogP contribution in [0.2, 0.25) is 0 Å². The smallest absolute Gasteiger partial charge is 0.224 e.